The number of benzene rings is 2. The second kappa shape index (κ2) is 3.91. The summed E-state index contributed by atoms with van der Waals surface area (Å²) in [4.78, 5) is 3.62. The van der Waals surface area contributed by atoms with Crippen LogP contribution >= 0.6 is 0 Å². The van der Waals surface area contributed by atoms with E-state index < -0.39 is 10.8 Å². The van der Waals surface area contributed by atoms with Crippen LogP contribution in [0.15, 0.2) is 35.2 Å². The number of hydrogen-bond donors (Lipinski definition) is 1. The van der Waals surface area contributed by atoms with Gasteiger partial charge in [0.15, 0.2) is 4.98 Å². The molecule has 4 nitrogen and oxygen atoms in total. The predicted octanol–water partition coefficient (Wildman–Crippen LogP) is 2.77. The highest BCUT2D eigenvalue weighted by atomic mass is 32.2. The van der Waals surface area contributed by atoms with Gasteiger partial charge in [-0.3, -0.25) is 4.21 Å². The van der Waals surface area contributed by atoms with Gasteiger partial charge in [-0.2, -0.15) is 0 Å². The molecule has 0 saturated heterocycles. The molecule has 1 N–H and O–H groups in total. The maximum atomic E-state index is 11.5. The van der Waals surface area contributed by atoms with Crippen LogP contribution in [0, 0.1) is 5.39 Å². The second-order valence-corrected chi connectivity index (χ2v) is 4.69. The van der Waals surface area contributed by atoms with E-state index in [1.165, 1.54) is 6.07 Å². The van der Waals surface area contributed by atoms with E-state index in [2.05, 4.69) is 4.98 Å². The fraction of sp³-hybridized carbons (Fsp3) is 0.0909. The van der Waals surface area contributed by atoms with E-state index in [1.54, 1.807) is 30.5 Å². The molecule has 16 heavy (non-hydrogen) atoms. The molecule has 0 bridgehead atoms. The van der Waals surface area contributed by atoms with Crippen molar-refractivity contribution >= 4 is 27.3 Å². The first-order valence-corrected chi connectivity index (χ1v) is 6.14. The minimum Gasteiger partial charge on any atom is -0.501 e. The molecule has 80 valence electrons. The lowest BCUT2D eigenvalue weighted by molar-refractivity contribution is 0.484. The van der Waals surface area contributed by atoms with Crippen molar-refractivity contribution in [3.63, 3.8) is 0 Å². The van der Waals surface area contributed by atoms with Gasteiger partial charge < -0.3 is 5.11 Å². The number of diazo groups is 1. The Morgan fingerprint density at radius 1 is 1.25 bits per heavy atom. The molecule has 0 spiro atoms. The van der Waals surface area contributed by atoms with Crippen LogP contribution in [0.4, 0.5) is 5.69 Å². The summed E-state index contributed by atoms with van der Waals surface area (Å²) in [5.74, 6) is -0.104. The fourth-order valence-corrected chi connectivity index (χ4v) is 2.39. The maximum absolute atomic E-state index is 11.5. The molecule has 1 atom stereocenters. The maximum Gasteiger partial charge on any atom is 0.426 e. The Kier molecular flexibility index (Phi) is 2.59. The monoisotopic (exact) mass is 233 g/mol. The molecule has 0 aromatic heterocycles. The highest BCUT2D eigenvalue weighted by Gasteiger charge is 2.17. The SMILES string of the molecule is CS(=O)c1cccc2c(O)c([N+]#N)ccc12. The molecule has 2 aromatic carbocycles. The molecule has 0 aliphatic carbocycles. The van der Waals surface area contributed by atoms with Gasteiger partial charge in [0.25, 0.3) is 0 Å². The van der Waals surface area contributed by atoms with E-state index in [0.29, 0.717) is 15.7 Å². The van der Waals surface area contributed by atoms with Crippen LogP contribution in [0.5, 0.6) is 5.75 Å². The predicted molar refractivity (Wildman–Crippen MR) is 62.7 cm³/mol. The standard InChI is InChI=1S/C11H8N2O2S/c1-16(15)10-4-2-3-8-7(10)5-6-9(13-12)11(8)14/h2-6H,1H3/p+1. The van der Waals surface area contributed by atoms with Crippen molar-refractivity contribution in [2.24, 2.45) is 0 Å². The molecule has 0 fully saturated rings. The average molecular weight is 233 g/mol. The van der Waals surface area contributed by atoms with Crippen LogP contribution in [-0.2, 0) is 10.8 Å². The molecular weight excluding hydrogens is 224 g/mol. The van der Waals surface area contributed by atoms with Gasteiger partial charge in [-0.15, -0.1) is 0 Å². The molecule has 0 radical (unpaired) electrons. The Hall–Kier alpha value is -1.93. The first-order chi connectivity index (χ1) is 7.65. The van der Waals surface area contributed by atoms with Gasteiger partial charge in [-0.25, -0.2) is 0 Å². The Bertz CT molecular complexity index is 632. The van der Waals surface area contributed by atoms with Gasteiger partial charge in [0.05, 0.1) is 10.8 Å². The Morgan fingerprint density at radius 3 is 2.62 bits per heavy atom. The van der Waals surface area contributed by atoms with Crippen LogP contribution in [0.3, 0.4) is 0 Å². The first kappa shape index (κ1) is 10.6. The van der Waals surface area contributed by atoms with E-state index in [4.69, 9.17) is 5.39 Å². The number of fused-ring (bicyclic) bond motifs is 1. The van der Waals surface area contributed by atoms with E-state index in [-0.39, 0.29) is 11.4 Å². The van der Waals surface area contributed by atoms with E-state index >= 15 is 0 Å². The summed E-state index contributed by atoms with van der Waals surface area (Å²) in [7, 11) is -1.12. The molecule has 2 aromatic rings. The molecular formula is C11H9N2O2S+. The number of aromatic hydroxyl groups is 1. The summed E-state index contributed by atoms with van der Waals surface area (Å²) in [6.45, 7) is 0. The number of rotatable bonds is 1. The minimum atomic E-state index is -1.12. The quantitative estimate of drug-likeness (QED) is 0.770. The lowest BCUT2D eigenvalue weighted by atomic mass is 10.1. The van der Waals surface area contributed by atoms with Gasteiger partial charge in [0.2, 0.25) is 11.1 Å². The lowest BCUT2D eigenvalue weighted by Gasteiger charge is -2.03. The second-order valence-electron chi connectivity index (χ2n) is 3.34. The number of phenolic OH excluding ortho intramolecular Hbond substituents is 1. The third-order valence-electron chi connectivity index (χ3n) is 2.39. The van der Waals surface area contributed by atoms with Crippen LogP contribution < -0.4 is 0 Å². The molecule has 0 saturated carbocycles. The summed E-state index contributed by atoms with van der Waals surface area (Å²) in [5.41, 5.74) is 0.103. The van der Waals surface area contributed by atoms with Crippen molar-refractivity contribution in [1.29, 1.82) is 5.39 Å². The fourth-order valence-electron chi connectivity index (χ4n) is 1.63. The van der Waals surface area contributed by atoms with Crippen LogP contribution in [0.25, 0.3) is 15.7 Å². The number of nitrogens with zero attached hydrogens (tertiary/aromatic N) is 2. The first-order valence-electron chi connectivity index (χ1n) is 4.58. The molecule has 2 rings (SSSR count). The largest absolute Gasteiger partial charge is 0.501 e. The third kappa shape index (κ3) is 1.53. The van der Waals surface area contributed by atoms with Gasteiger partial charge in [-0.05, 0) is 12.1 Å². The van der Waals surface area contributed by atoms with Gasteiger partial charge >= 0.3 is 5.69 Å². The molecule has 0 heterocycles. The molecule has 0 aliphatic rings. The van der Waals surface area contributed by atoms with Gasteiger partial charge in [0, 0.05) is 28.0 Å². The zero-order valence-corrected chi connectivity index (χ0v) is 9.36. The summed E-state index contributed by atoms with van der Waals surface area (Å²) < 4.78 is 11.5. The van der Waals surface area contributed by atoms with Gasteiger partial charge in [-0.1, -0.05) is 12.1 Å². The zero-order valence-electron chi connectivity index (χ0n) is 8.54. The Morgan fingerprint density at radius 2 is 2.00 bits per heavy atom. The van der Waals surface area contributed by atoms with Crippen LogP contribution in [0.2, 0.25) is 0 Å². The summed E-state index contributed by atoms with van der Waals surface area (Å²) in [6.07, 6.45) is 1.58. The van der Waals surface area contributed by atoms with E-state index in [9.17, 15) is 9.32 Å². The molecule has 0 amide bonds. The number of hydrogen-bond acceptors (Lipinski definition) is 3. The van der Waals surface area contributed by atoms with Gasteiger partial charge in [0.1, 0.15) is 0 Å². The normalized spacial score (nSPS) is 12.2. The molecule has 5 heteroatoms. The minimum absolute atomic E-state index is 0.103. The van der Waals surface area contributed by atoms with E-state index in [0.717, 1.165) is 0 Å². The van der Waals surface area contributed by atoms with Crippen molar-refractivity contribution in [2.45, 2.75) is 4.90 Å². The molecule has 0 aliphatic heterocycles. The zero-order chi connectivity index (χ0) is 11.7. The highest BCUT2D eigenvalue weighted by Crippen LogP contribution is 2.36. The van der Waals surface area contributed by atoms with Crippen molar-refractivity contribution in [3.8, 4) is 5.75 Å². The summed E-state index contributed by atoms with van der Waals surface area (Å²) in [5, 5.41) is 19.7. The lowest BCUT2D eigenvalue weighted by Crippen LogP contribution is -1.89. The highest BCUT2D eigenvalue weighted by molar-refractivity contribution is 7.84. The van der Waals surface area contributed by atoms with Crippen molar-refractivity contribution in [3.05, 3.63) is 35.3 Å². The smallest absolute Gasteiger partial charge is 0.426 e. The summed E-state index contributed by atoms with van der Waals surface area (Å²) >= 11 is 0. The summed E-state index contributed by atoms with van der Waals surface area (Å²) in [6, 6.07) is 8.30. The average Bonchev–Trinajstić information content (AvgIpc) is 2.29. The Labute approximate surface area is 94.6 Å². The van der Waals surface area contributed by atoms with E-state index in [1.807, 2.05) is 0 Å². The van der Waals surface area contributed by atoms with Crippen LogP contribution in [0.1, 0.15) is 0 Å². The van der Waals surface area contributed by atoms with Crippen molar-refractivity contribution in [1.82, 2.24) is 0 Å². The van der Waals surface area contributed by atoms with Crippen molar-refractivity contribution in [2.75, 3.05) is 6.26 Å². The number of phenols is 1. The van der Waals surface area contributed by atoms with Crippen molar-refractivity contribution < 1.29 is 9.32 Å². The topological polar surface area (TPSA) is 65.4 Å². The van der Waals surface area contributed by atoms with Crippen LogP contribution in [-0.4, -0.2) is 15.6 Å². The third-order valence-corrected chi connectivity index (χ3v) is 3.36. The Balaban J connectivity index is 2.89. The molecule has 1 unspecified atom stereocenters.